The van der Waals surface area contributed by atoms with E-state index in [9.17, 15) is 21.6 Å². The lowest BCUT2D eigenvalue weighted by atomic mass is 10.1. The fourth-order valence-electron chi connectivity index (χ4n) is 3.45. The van der Waals surface area contributed by atoms with Crippen molar-refractivity contribution in [3.05, 3.63) is 47.5 Å². The van der Waals surface area contributed by atoms with Crippen LogP contribution in [0.5, 0.6) is 5.75 Å². The number of nitrogens with zero attached hydrogens (tertiary/aromatic N) is 1. The summed E-state index contributed by atoms with van der Waals surface area (Å²) in [4.78, 5) is 13.1. The molecular weight excluding hydrogens is 466 g/mol. The standard InChI is InChI=1S/C22H31N3O6S2/c1-14(2)24-33(29,30)19-8-9-21(31-6)20(13-19)23-22(26)17(5)25(32(7,27)28)18-11-15(3)10-16(4)12-18/h8-14,17,24H,1-7H3,(H,23,26). The van der Waals surface area contributed by atoms with Gasteiger partial charge in [-0.15, -0.1) is 0 Å². The highest BCUT2D eigenvalue weighted by atomic mass is 32.2. The van der Waals surface area contributed by atoms with Crippen LogP contribution in [-0.4, -0.2) is 48.2 Å². The van der Waals surface area contributed by atoms with Gasteiger partial charge < -0.3 is 10.1 Å². The van der Waals surface area contributed by atoms with Crippen LogP contribution in [0.25, 0.3) is 0 Å². The molecule has 2 aromatic rings. The topological polar surface area (TPSA) is 122 Å². The van der Waals surface area contributed by atoms with Crippen LogP contribution in [0.4, 0.5) is 11.4 Å². The van der Waals surface area contributed by atoms with Crippen molar-refractivity contribution in [3.63, 3.8) is 0 Å². The lowest BCUT2D eigenvalue weighted by Crippen LogP contribution is -2.45. The third-order valence-electron chi connectivity index (χ3n) is 4.68. The van der Waals surface area contributed by atoms with Gasteiger partial charge in [0.1, 0.15) is 11.8 Å². The predicted octanol–water partition coefficient (Wildman–Crippen LogP) is 2.79. The number of nitrogens with one attached hydrogen (secondary N) is 2. The van der Waals surface area contributed by atoms with Crippen LogP contribution in [-0.2, 0) is 24.8 Å². The van der Waals surface area contributed by atoms with E-state index in [0.29, 0.717) is 5.69 Å². The zero-order valence-electron chi connectivity index (χ0n) is 19.8. The summed E-state index contributed by atoms with van der Waals surface area (Å²) in [6.07, 6.45) is 1.03. The van der Waals surface area contributed by atoms with E-state index in [4.69, 9.17) is 4.74 Å². The first-order valence-corrected chi connectivity index (χ1v) is 13.6. The van der Waals surface area contributed by atoms with Crippen molar-refractivity contribution in [3.8, 4) is 5.75 Å². The maximum atomic E-state index is 13.1. The van der Waals surface area contributed by atoms with Gasteiger partial charge in [0.15, 0.2) is 0 Å². The van der Waals surface area contributed by atoms with Gasteiger partial charge in [-0.25, -0.2) is 21.6 Å². The second-order valence-electron chi connectivity index (χ2n) is 8.21. The molecule has 0 saturated carbocycles. The molecule has 1 amide bonds. The highest BCUT2D eigenvalue weighted by Crippen LogP contribution is 2.29. The summed E-state index contributed by atoms with van der Waals surface area (Å²) < 4.78 is 59.1. The molecule has 2 aromatic carbocycles. The number of hydrogen-bond donors (Lipinski definition) is 2. The molecule has 1 atom stereocenters. The molecule has 9 nitrogen and oxygen atoms in total. The van der Waals surface area contributed by atoms with Gasteiger partial charge in [-0.3, -0.25) is 9.10 Å². The van der Waals surface area contributed by atoms with Crippen LogP contribution in [0.1, 0.15) is 31.9 Å². The normalized spacial score (nSPS) is 13.0. The minimum Gasteiger partial charge on any atom is -0.495 e. The van der Waals surface area contributed by atoms with E-state index in [1.54, 1.807) is 26.0 Å². The largest absolute Gasteiger partial charge is 0.495 e. The van der Waals surface area contributed by atoms with Gasteiger partial charge >= 0.3 is 0 Å². The van der Waals surface area contributed by atoms with Crippen molar-refractivity contribution in [1.82, 2.24) is 4.72 Å². The third-order valence-corrected chi connectivity index (χ3v) is 7.58. The predicted molar refractivity (Wildman–Crippen MR) is 130 cm³/mol. The Kier molecular flexibility index (Phi) is 8.15. The zero-order valence-corrected chi connectivity index (χ0v) is 21.5. The van der Waals surface area contributed by atoms with E-state index in [1.807, 2.05) is 19.9 Å². The Morgan fingerprint density at radius 3 is 2.03 bits per heavy atom. The Morgan fingerprint density at radius 1 is 0.970 bits per heavy atom. The summed E-state index contributed by atoms with van der Waals surface area (Å²) in [5.74, 6) is -0.416. The molecule has 2 rings (SSSR count). The number of carbonyl (C=O) groups is 1. The van der Waals surface area contributed by atoms with E-state index in [0.717, 1.165) is 21.7 Å². The highest BCUT2D eigenvalue weighted by molar-refractivity contribution is 7.92. The first-order chi connectivity index (χ1) is 15.2. The number of ether oxygens (including phenoxy) is 1. The van der Waals surface area contributed by atoms with E-state index >= 15 is 0 Å². The summed E-state index contributed by atoms with van der Waals surface area (Å²) >= 11 is 0. The maximum absolute atomic E-state index is 13.1. The number of carbonyl (C=O) groups excluding carboxylic acids is 1. The minimum absolute atomic E-state index is 0.0609. The van der Waals surface area contributed by atoms with Crippen molar-refractivity contribution >= 4 is 37.3 Å². The smallest absolute Gasteiger partial charge is 0.248 e. The monoisotopic (exact) mass is 497 g/mol. The van der Waals surface area contributed by atoms with E-state index in [2.05, 4.69) is 10.0 Å². The van der Waals surface area contributed by atoms with Crippen molar-refractivity contribution in [2.75, 3.05) is 23.0 Å². The number of rotatable bonds is 9. The van der Waals surface area contributed by atoms with Gasteiger partial charge in [-0.1, -0.05) is 6.07 Å². The molecule has 182 valence electrons. The van der Waals surface area contributed by atoms with Crippen molar-refractivity contribution in [2.45, 2.75) is 51.6 Å². The summed E-state index contributed by atoms with van der Waals surface area (Å²) in [6, 6.07) is 7.88. The van der Waals surface area contributed by atoms with Gasteiger partial charge in [0.2, 0.25) is 26.0 Å². The molecule has 33 heavy (non-hydrogen) atoms. The zero-order chi connectivity index (χ0) is 25.1. The number of methoxy groups -OCH3 is 1. The number of anilines is 2. The molecule has 0 saturated heterocycles. The second-order valence-corrected chi connectivity index (χ2v) is 11.8. The molecule has 0 radical (unpaired) electrons. The van der Waals surface area contributed by atoms with Gasteiger partial charge in [0.25, 0.3) is 0 Å². The second kappa shape index (κ2) is 10.1. The van der Waals surface area contributed by atoms with Gasteiger partial charge in [0.05, 0.1) is 29.6 Å². The van der Waals surface area contributed by atoms with E-state index < -0.39 is 32.0 Å². The Bertz CT molecular complexity index is 1220. The number of sulfonamides is 2. The molecule has 0 spiro atoms. The molecule has 0 aliphatic carbocycles. The summed E-state index contributed by atoms with van der Waals surface area (Å²) in [5.41, 5.74) is 2.17. The summed E-state index contributed by atoms with van der Waals surface area (Å²) in [6.45, 7) is 8.52. The number of aryl methyl sites for hydroxylation is 2. The van der Waals surface area contributed by atoms with Gasteiger partial charge in [-0.2, -0.15) is 0 Å². The maximum Gasteiger partial charge on any atom is 0.248 e. The first-order valence-electron chi connectivity index (χ1n) is 10.2. The molecule has 0 bridgehead atoms. The Balaban J connectivity index is 2.45. The summed E-state index contributed by atoms with van der Waals surface area (Å²) in [5, 5.41) is 2.62. The summed E-state index contributed by atoms with van der Waals surface area (Å²) in [7, 11) is -6.25. The minimum atomic E-state index is -3.82. The number of hydrogen-bond acceptors (Lipinski definition) is 6. The molecule has 0 aliphatic rings. The molecule has 0 aromatic heterocycles. The quantitative estimate of drug-likeness (QED) is 0.549. The lowest BCUT2D eigenvalue weighted by molar-refractivity contribution is -0.116. The molecule has 0 heterocycles. The molecule has 2 N–H and O–H groups in total. The van der Waals surface area contributed by atoms with Crippen LogP contribution < -0.4 is 19.1 Å². The fraction of sp³-hybridized carbons (Fsp3) is 0.409. The van der Waals surface area contributed by atoms with Crippen LogP contribution in [0, 0.1) is 13.8 Å². The first kappa shape index (κ1) is 26.6. The molecule has 1 unspecified atom stereocenters. The molecular formula is C22H31N3O6S2. The Labute approximate surface area is 196 Å². The van der Waals surface area contributed by atoms with Crippen molar-refractivity contribution < 1.29 is 26.4 Å². The Morgan fingerprint density at radius 2 is 1.55 bits per heavy atom. The van der Waals surface area contributed by atoms with Crippen LogP contribution in [0.3, 0.4) is 0 Å². The molecule has 11 heteroatoms. The average molecular weight is 498 g/mol. The van der Waals surface area contributed by atoms with E-state index in [-0.39, 0.29) is 22.4 Å². The van der Waals surface area contributed by atoms with Gasteiger partial charge in [0, 0.05) is 6.04 Å². The number of benzene rings is 2. The van der Waals surface area contributed by atoms with Crippen molar-refractivity contribution in [1.29, 1.82) is 0 Å². The highest BCUT2D eigenvalue weighted by Gasteiger charge is 2.30. The van der Waals surface area contributed by atoms with Gasteiger partial charge in [-0.05, 0) is 76.1 Å². The molecule has 0 fully saturated rings. The Hall–Kier alpha value is -2.63. The SMILES string of the molecule is COc1ccc(S(=O)(=O)NC(C)C)cc1NC(=O)C(C)N(c1cc(C)cc(C)c1)S(C)(=O)=O. The van der Waals surface area contributed by atoms with Crippen molar-refractivity contribution in [2.24, 2.45) is 0 Å². The third kappa shape index (κ3) is 6.68. The lowest BCUT2D eigenvalue weighted by Gasteiger charge is -2.29. The number of amides is 1. The van der Waals surface area contributed by atoms with Crippen LogP contribution >= 0.6 is 0 Å². The van der Waals surface area contributed by atoms with Crippen LogP contribution in [0.15, 0.2) is 41.3 Å². The molecule has 0 aliphatic heterocycles. The van der Waals surface area contributed by atoms with Crippen LogP contribution in [0.2, 0.25) is 0 Å². The fourth-order valence-corrected chi connectivity index (χ4v) is 5.89. The van der Waals surface area contributed by atoms with E-state index in [1.165, 1.54) is 32.2 Å². The average Bonchev–Trinajstić information content (AvgIpc) is 2.65.